The minimum atomic E-state index is -0.933. The molecule has 2 N–H and O–H groups in total. The number of carbonyl (C=O) groups excluding carboxylic acids is 1. The zero-order valence-electron chi connectivity index (χ0n) is 44.3. The smallest absolute Gasteiger partial charge is 0.255 e. The lowest BCUT2D eigenvalue weighted by atomic mass is 9.74. The number of aryl methyl sites for hydroxylation is 2. The van der Waals surface area contributed by atoms with Crippen molar-refractivity contribution in [3.63, 3.8) is 0 Å². The van der Waals surface area contributed by atoms with Gasteiger partial charge in [-0.05, 0) is 77.1 Å². The van der Waals surface area contributed by atoms with Crippen LogP contribution in [-0.2, 0) is 31.7 Å². The molecule has 1 spiro atoms. The Bertz CT molecular complexity index is 2270. The van der Waals surface area contributed by atoms with E-state index >= 15 is 4.79 Å². The Morgan fingerprint density at radius 1 is 0.528 bits per heavy atom. The number of benzene rings is 3. The number of rotatable bonds is 35. The number of anilines is 2. The summed E-state index contributed by atoms with van der Waals surface area (Å²) in [5, 5.41) is 36.7. The van der Waals surface area contributed by atoms with Gasteiger partial charge in [0.25, 0.3) is 5.91 Å². The third-order valence-electron chi connectivity index (χ3n) is 15.1. The van der Waals surface area contributed by atoms with Crippen molar-refractivity contribution in [2.45, 2.75) is 175 Å². The molecular weight excluding hydrogens is 901 g/mol. The zero-order chi connectivity index (χ0) is 50.5. The molecule has 0 bridgehead atoms. The molecule has 3 aromatic carbocycles. The van der Waals surface area contributed by atoms with Gasteiger partial charge in [-0.15, -0.1) is 10.2 Å². The summed E-state index contributed by atoms with van der Waals surface area (Å²) < 4.78 is 11.0. The SMILES string of the molecule is CCN(CC)c1ccc2c(c1)Oc1cc(N(CC)CC)ccc1C21c2ccccc2C(=O)N1CCN(Cc1cn(CCCCCCCCCCCO)nn1)Cc1cn(CCCCCCCCCCCO)nn1. The fourth-order valence-corrected chi connectivity index (χ4v) is 11.1. The normalized spacial score (nSPS) is 13.5. The van der Waals surface area contributed by atoms with Crippen LogP contribution in [0.15, 0.2) is 73.1 Å². The molecule has 14 nitrogen and oxygen atoms in total. The van der Waals surface area contributed by atoms with E-state index in [0.29, 0.717) is 45.0 Å². The molecular formula is C58H86N10O4. The summed E-state index contributed by atoms with van der Waals surface area (Å²) in [7, 11) is 0. The van der Waals surface area contributed by atoms with Crippen LogP contribution in [0.3, 0.4) is 0 Å². The minimum Gasteiger partial charge on any atom is -0.456 e. The van der Waals surface area contributed by atoms with Crippen molar-refractivity contribution in [1.82, 2.24) is 39.8 Å². The van der Waals surface area contributed by atoms with Gasteiger partial charge in [0.1, 0.15) is 17.0 Å². The van der Waals surface area contributed by atoms with E-state index in [9.17, 15) is 0 Å². The molecule has 2 aromatic heterocycles. The lowest BCUT2D eigenvalue weighted by Gasteiger charge is -2.45. The zero-order valence-corrected chi connectivity index (χ0v) is 44.3. The molecule has 0 saturated heterocycles. The van der Waals surface area contributed by atoms with Crippen molar-refractivity contribution in [2.24, 2.45) is 0 Å². The lowest BCUT2D eigenvalue weighted by molar-refractivity contribution is 0.0627. The van der Waals surface area contributed by atoms with E-state index in [0.717, 1.165) is 129 Å². The highest BCUT2D eigenvalue weighted by molar-refractivity contribution is 6.02. The van der Waals surface area contributed by atoms with Gasteiger partial charge in [0.2, 0.25) is 0 Å². The van der Waals surface area contributed by atoms with Crippen LogP contribution in [0, 0.1) is 0 Å². The third-order valence-corrected chi connectivity index (χ3v) is 15.1. The number of aliphatic hydroxyl groups excluding tert-OH is 2. The minimum absolute atomic E-state index is 0.00488. The second-order valence-electron chi connectivity index (χ2n) is 20.0. The Morgan fingerprint density at radius 2 is 0.958 bits per heavy atom. The van der Waals surface area contributed by atoms with Crippen LogP contribution in [0.1, 0.15) is 182 Å². The highest BCUT2D eigenvalue weighted by Crippen LogP contribution is 2.58. The molecule has 0 aliphatic carbocycles. The molecule has 2 aliphatic rings. The Labute approximate surface area is 430 Å². The second-order valence-corrected chi connectivity index (χ2v) is 20.0. The van der Waals surface area contributed by atoms with Gasteiger partial charge in [-0.25, -0.2) is 0 Å². The van der Waals surface area contributed by atoms with Crippen molar-refractivity contribution >= 4 is 17.3 Å². The predicted molar refractivity (Wildman–Crippen MR) is 289 cm³/mol. The molecule has 7 rings (SSSR count). The first-order chi connectivity index (χ1) is 35.4. The number of amides is 1. The standard InChI is InChI=1S/C58H86N10O4/c1-5-64(6-2)49-31-33-53-55(41-49)72-56-42-50(65(7-3)8-4)32-34-54(56)58(53)52-30-24-23-29-51(52)57(71)68(58)38-37-63(43-47-45-66(61-59-47)35-25-19-15-11-9-13-17-21-27-39-69)44-48-46-67(62-60-48)36-26-20-16-12-10-14-18-22-28-40-70/h23-24,29-34,41-42,45-46,69-70H,5-22,25-28,35-40,43-44H2,1-4H3. The van der Waals surface area contributed by atoms with E-state index in [-0.39, 0.29) is 5.91 Å². The predicted octanol–water partition coefficient (Wildman–Crippen LogP) is 11.1. The lowest BCUT2D eigenvalue weighted by Crippen LogP contribution is -2.50. The summed E-state index contributed by atoms with van der Waals surface area (Å²) >= 11 is 0. The summed E-state index contributed by atoms with van der Waals surface area (Å²) in [5.74, 6) is 1.55. The molecule has 0 saturated carbocycles. The molecule has 0 unspecified atom stereocenters. The van der Waals surface area contributed by atoms with Gasteiger partial charge in [-0.3, -0.25) is 19.1 Å². The molecule has 2 aliphatic heterocycles. The first kappa shape index (κ1) is 54.5. The first-order valence-electron chi connectivity index (χ1n) is 28.0. The average molecular weight is 987 g/mol. The van der Waals surface area contributed by atoms with Gasteiger partial charge in [0.05, 0.1) is 11.4 Å². The van der Waals surface area contributed by atoms with Crippen molar-refractivity contribution in [3.8, 4) is 11.5 Å². The highest BCUT2D eigenvalue weighted by Gasteiger charge is 2.56. The topological polar surface area (TPSA) is 141 Å². The van der Waals surface area contributed by atoms with Crippen LogP contribution in [-0.4, -0.2) is 108 Å². The maximum Gasteiger partial charge on any atom is 0.255 e. The number of nitrogens with zero attached hydrogens (tertiary/aromatic N) is 10. The number of hydrogen-bond acceptors (Lipinski definition) is 11. The van der Waals surface area contributed by atoms with Crippen molar-refractivity contribution in [3.05, 3.63) is 107 Å². The maximum absolute atomic E-state index is 15.2. The highest BCUT2D eigenvalue weighted by atomic mass is 16.5. The number of unbranched alkanes of at least 4 members (excludes halogenated alkanes) is 16. The van der Waals surface area contributed by atoms with Gasteiger partial charge in [-0.2, -0.15) is 0 Å². The van der Waals surface area contributed by atoms with Crippen molar-refractivity contribution in [2.75, 3.05) is 62.3 Å². The summed E-state index contributed by atoms with van der Waals surface area (Å²) in [6.45, 7) is 16.5. The number of aromatic nitrogens is 6. The van der Waals surface area contributed by atoms with Gasteiger partial charge in [0.15, 0.2) is 0 Å². The first-order valence-corrected chi connectivity index (χ1v) is 28.0. The van der Waals surface area contributed by atoms with Crippen LogP contribution in [0.5, 0.6) is 11.5 Å². The van der Waals surface area contributed by atoms with E-state index in [1.807, 2.05) is 21.5 Å². The van der Waals surface area contributed by atoms with Crippen LogP contribution in [0.2, 0.25) is 0 Å². The van der Waals surface area contributed by atoms with E-state index < -0.39 is 5.54 Å². The van der Waals surface area contributed by atoms with Gasteiger partial charge in [-0.1, -0.05) is 131 Å². The third kappa shape index (κ3) is 13.6. The Hall–Kier alpha value is -5.31. The Balaban J connectivity index is 1.12. The van der Waals surface area contributed by atoms with Gasteiger partial charge in [0, 0.05) is 131 Å². The van der Waals surface area contributed by atoms with Gasteiger partial charge >= 0.3 is 0 Å². The number of ether oxygens (including phenoxy) is 1. The Kier molecular flexibility index (Phi) is 21.4. The number of hydrogen-bond donors (Lipinski definition) is 2. The summed E-state index contributed by atoms with van der Waals surface area (Å²) in [6, 6.07) is 21.3. The quantitative estimate of drug-likeness (QED) is 0.0375. The fraction of sp³-hybridized carbons (Fsp3) is 0.603. The summed E-state index contributed by atoms with van der Waals surface area (Å²) in [4.78, 5) is 24.3. The van der Waals surface area contributed by atoms with E-state index in [2.05, 4.69) is 119 Å². The van der Waals surface area contributed by atoms with E-state index in [1.165, 1.54) is 77.0 Å². The molecule has 1 amide bonds. The molecule has 392 valence electrons. The molecule has 0 atom stereocenters. The average Bonchev–Trinajstić information content (AvgIpc) is 4.11. The molecule has 0 radical (unpaired) electrons. The summed E-state index contributed by atoms with van der Waals surface area (Å²) in [6.07, 6.45) is 25.1. The van der Waals surface area contributed by atoms with Gasteiger partial charge < -0.3 is 29.6 Å². The van der Waals surface area contributed by atoms with Crippen LogP contribution in [0.25, 0.3) is 0 Å². The summed E-state index contributed by atoms with van der Waals surface area (Å²) in [5.41, 5.74) is 6.65. The molecule has 5 aromatic rings. The van der Waals surface area contributed by atoms with Crippen LogP contribution >= 0.6 is 0 Å². The van der Waals surface area contributed by atoms with Crippen molar-refractivity contribution in [1.29, 1.82) is 0 Å². The number of aliphatic hydroxyl groups is 2. The largest absolute Gasteiger partial charge is 0.456 e. The van der Waals surface area contributed by atoms with Crippen molar-refractivity contribution < 1.29 is 19.7 Å². The Morgan fingerprint density at radius 3 is 1.40 bits per heavy atom. The van der Waals surface area contributed by atoms with Crippen LogP contribution in [0.4, 0.5) is 11.4 Å². The molecule has 14 heteroatoms. The maximum atomic E-state index is 15.2. The second kappa shape index (κ2) is 28.2. The molecule has 4 heterocycles. The molecule has 72 heavy (non-hydrogen) atoms. The van der Waals surface area contributed by atoms with E-state index in [1.54, 1.807) is 0 Å². The fourth-order valence-electron chi connectivity index (χ4n) is 11.1. The van der Waals surface area contributed by atoms with E-state index in [4.69, 9.17) is 25.1 Å². The monoisotopic (exact) mass is 987 g/mol. The number of carbonyl (C=O) groups is 1. The molecule has 0 fully saturated rings. The number of fused-ring (bicyclic) bond motifs is 6. The van der Waals surface area contributed by atoms with Crippen LogP contribution < -0.4 is 14.5 Å².